The number of ether oxygens (including phenoxy) is 2. The van der Waals surface area contributed by atoms with Crippen molar-refractivity contribution in [3.8, 4) is 0 Å². The second-order valence-corrected chi connectivity index (χ2v) is 18.6. The number of thioether (sulfide) groups is 1. The van der Waals surface area contributed by atoms with Crippen LogP contribution in [0.5, 0.6) is 0 Å². The van der Waals surface area contributed by atoms with Gasteiger partial charge in [-0.05, 0) is 46.1 Å². The van der Waals surface area contributed by atoms with Crippen LogP contribution in [0.15, 0.2) is 69.6 Å². The third-order valence-corrected chi connectivity index (χ3v) is 17.7. The van der Waals surface area contributed by atoms with Crippen LogP contribution in [0.25, 0.3) is 0 Å². The number of imide groups is 1. The quantitative estimate of drug-likeness (QED) is 0.139. The molecule has 0 saturated carbocycles. The van der Waals surface area contributed by atoms with Gasteiger partial charge in [0.15, 0.2) is 5.41 Å². The van der Waals surface area contributed by atoms with Crippen LogP contribution in [0.4, 0.5) is 0 Å². The fourth-order valence-electron chi connectivity index (χ4n) is 7.53. The first-order valence-electron chi connectivity index (χ1n) is 14.0. The molecule has 2 aromatic carbocycles. The average molecular weight is 594 g/mol. The second kappa shape index (κ2) is 11.6. The van der Waals surface area contributed by atoms with Gasteiger partial charge in [-0.3, -0.25) is 24.1 Å². The molecule has 0 fully saturated rings. The lowest BCUT2D eigenvalue weighted by Crippen LogP contribution is -2.54. The van der Waals surface area contributed by atoms with E-state index in [-0.39, 0.29) is 23.0 Å². The van der Waals surface area contributed by atoms with Gasteiger partial charge in [-0.2, -0.15) is 0 Å². The van der Waals surface area contributed by atoms with Crippen molar-refractivity contribution in [1.82, 2.24) is 4.90 Å². The molecular weight excluding hydrogens is 555 g/mol. The number of amides is 2. The van der Waals surface area contributed by atoms with Crippen molar-refractivity contribution in [1.29, 1.82) is 0 Å². The van der Waals surface area contributed by atoms with Gasteiger partial charge < -0.3 is 9.47 Å². The number of carbonyl (C=O) groups is 4. The van der Waals surface area contributed by atoms with Gasteiger partial charge in [0.2, 0.25) is 0 Å². The highest BCUT2D eigenvalue weighted by atomic mass is 32.2. The topological polar surface area (TPSA) is 90.0 Å². The molecule has 1 aliphatic heterocycles. The predicted molar refractivity (Wildman–Crippen MR) is 162 cm³/mol. The Morgan fingerprint density at radius 3 is 1.66 bits per heavy atom. The number of hydrogen-bond donors (Lipinski definition) is 0. The van der Waals surface area contributed by atoms with Crippen molar-refractivity contribution < 1.29 is 28.7 Å². The summed E-state index contributed by atoms with van der Waals surface area (Å²) in [7, 11) is -0.204. The van der Waals surface area contributed by atoms with Crippen molar-refractivity contribution in [3.63, 3.8) is 0 Å². The summed E-state index contributed by atoms with van der Waals surface area (Å²) < 4.78 is 10.7. The maximum absolute atomic E-state index is 14.0. The van der Waals surface area contributed by atoms with E-state index in [4.69, 9.17) is 9.47 Å². The molecule has 218 valence electrons. The predicted octanol–water partition coefficient (Wildman–Crippen LogP) is 6.65. The third kappa shape index (κ3) is 4.57. The highest BCUT2D eigenvalue weighted by Gasteiger charge is 2.66. The van der Waals surface area contributed by atoms with Crippen LogP contribution in [0.3, 0.4) is 0 Å². The SMILES string of the molecule is COC(=O)C1(C(=O)OC)CC(N2C(=O)c3ccccc3C2=O)C([Si](C(C)C)(C(C)C)C(C)C)=C1Sc1ccccc1. The van der Waals surface area contributed by atoms with E-state index in [1.807, 2.05) is 30.3 Å². The first kappa shape index (κ1) is 30.8. The summed E-state index contributed by atoms with van der Waals surface area (Å²) in [5.41, 5.74) is -0.703. The number of hydrogen-bond acceptors (Lipinski definition) is 7. The Hall–Kier alpha value is -3.17. The molecule has 9 heteroatoms. The third-order valence-electron chi connectivity index (χ3n) is 8.97. The molecule has 0 saturated heterocycles. The number of benzene rings is 2. The number of fused-ring (bicyclic) bond motifs is 1. The molecule has 0 spiro atoms. The van der Waals surface area contributed by atoms with Gasteiger partial charge in [0.25, 0.3) is 11.8 Å². The summed E-state index contributed by atoms with van der Waals surface area (Å²) in [4.78, 5) is 58.5. The fraction of sp³-hybridized carbons (Fsp3) is 0.438. The van der Waals surface area contributed by atoms with Gasteiger partial charge >= 0.3 is 11.9 Å². The minimum Gasteiger partial charge on any atom is -0.468 e. The molecular formula is C32H39NO6SSi. The van der Waals surface area contributed by atoms with E-state index in [9.17, 15) is 19.2 Å². The summed E-state index contributed by atoms with van der Waals surface area (Å²) in [6, 6.07) is 15.5. The Morgan fingerprint density at radius 1 is 0.805 bits per heavy atom. The standard InChI is InChI=1S/C32H39NO6SSi/c1-19(2)41(20(3)4,21(5)6)26-25(33-28(34)23-16-12-13-17-24(23)29(33)35)18-32(30(36)38-7,31(37)39-8)27(26)40-22-14-10-9-11-15-22/h9-17,19-21,25H,18H2,1-8H3. The summed E-state index contributed by atoms with van der Waals surface area (Å²) in [5.74, 6) is -2.33. The molecule has 1 unspecified atom stereocenters. The lowest BCUT2D eigenvalue weighted by Gasteiger charge is -2.48. The van der Waals surface area contributed by atoms with Gasteiger partial charge in [0.1, 0.15) is 0 Å². The number of carbonyl (C=O) groups excluding carboxylic acids is 4. The van der Waals surface area contributed by atoms with Crippen LogP contribution in [0.1, 0.15) is 68.7 Å². The molecule has 2 aliphatic rings. The number of nitrogens with zero attached hydrogens (tertiary/aromatic N) is 1. The molecule has 1 aliphatic carbocycles. The van der Waals surface area contributed by atoms with E-state index >= 15 is 0 Å². The Bertz CT molecular complexity index is 1330. The second-order valence-electron chi connectivity index (χ2n) is 11.7. The molecule has 2 amide bonds. The molecule has 0 radical (unpaired) electrons. The van der Waals surface area contributed by atoms with E-state index in [0.29, 0.717) is 16.0 Å². The summed E-state index contributed by atoms with van der Waals surface area (Å²) in [6.45, 7) is 13.1. The molecule has 41 heavy (non-hydrogen) atoms. The molecule has 7 nitrogen and oxygen atoms in total. The first-order chi connectivity index (χ1) is 19.4. The zero-order valence-electron chi connectivity index (χ0n) is 25.0. The summed E-state index contributed by atoms with van der Waals surface area (Å²) in [6.07, 6.45) is -0.122. The maximum atomic E-state index is 14.0. The lowest BCUT2D eigenvalue weighted by molar-refractivity contribution is -0.165. The van der Waals surface area contributed by atoms with Gasteiger partial charge in [-0.1, -0.05) is 83.6 Å². The number of esters is 2. The number of methoxy groups -OCH3 is 2. The van der Waals surface area contributed by atoms with Crippen molar-refractivity contribution in [3.05, 3.63) is 75.8 Å². The van der Waals surface area contributed by atoms with E-state index in [1.54, 1.807) is 24.3 Å². The summed E-state index contributed by atoms with van der Waals surface area (Å²) in [5, 5.41) is 0.886. The van der Waals surface area contributed by atoms with Crippen LogP contribution in [0, 0.1) is 5.41 Å². The van der Waals surface area contributed by atoms with Gasteiger partial charge in [-0.15, -0.1) is 0 Å². The van der Waals surface area contributed by atoms with E-state index in [1.165, 1.54) is 30.9 Å². The highest BCUT2D eigenvalue weighted by Crippen LogP contribution is 2.61. The lowest BCUT2D eigenvalue weighted by atomic mass is 9.86. The van der Waals surface area contributed by atoms with Crippen LogP contribution in [0.2, 0.25) is 16.6 Å². The molecule has 1 atom stereocenters. The van der Waals surface area contributed by atoms with Crippen molar-refractivity contribution >= 4 is 43.6 Å². The fourth-order valence-corrected chi connectivity index (χ4v) is 16.7. The van der Waals surface area contributed by atoms with E-state index in [0.717, 1.165) is 10.1 Å². The van der Waals surface area contributed by atoms with Gasteiger partial charge in [0.05, 0.1) is 39.5 Å². The van der Waals surface area contributed by atoms with Crippen LogP contribution in [-0.4, -0.2) is 57.0 Å². The van der Waals surface area contributed by atoms with Crippen LogP contribution < -0.4 is 0 Å². The van der Waals surface area contributed by atoms with E-state index < -0.39 is 43.3 Å². The first-order valence-corrected chi connectivity index (χ1v) is 17.1. The summed E-state index contributed by atoms with van der Waals surface area (Å²) >= 11 is 1.35. The largest absolute Gasteiger partial charge is 0.468 e. The molecule has 1 heterocycles. The van der Waals surface area contributed by atoms with Crippen molar-refractivity contribution in [2.24, 2.45) is 5.41 Å². The number of rotatable bonds is 9. The zero-order valence-corrected chi connectivity index (χ0v) is 26.8. The molecule has 0 aromatic heterocycles. The van der Waals surface area contributed by atoms with Crippen molar-refractivity contribution in [2.45, 2.75) is 75.5 Å². The van der Waals surface area contributed by atoms with Gasteiger partial charge in [0, 0.05) is 16.2 Å². The monoisotopic (exact) mass is 593 g/mol. The Kier molecular flexibility index (Phi) is 8.71. The molecule has 2 aromatic rings. The zero-order chi connectivity index (χ0) is 30.3. The minimum absolute atomic E-state index is 0.122. The smallest absolute Gasteiger partial charge is 0.328 e. The minimum atomic E-state index is -2.71. The Labute approximate surface area is 247 Å². The average Bonchev–Trinajstić information content (AvgIpc) is 3.40. The Morgan fingerprint density at radius 2 is 1.24 bits per heavy atom. The van der Waals surface area contributed by atoms with Crippen molar-refractivity contribution in [2.75, 3.05) is 14.2 Å². The molecule has 0 bridgehead atoms. The normalized spacial score (nSPS) is 18.5. The van der Waals surface area contributed by atoms with E-state index in [2.05, 4.69) is 41.5 Å². The Balaban J connectivity index is 2.15. The van der Waals surface area contributed by atoms with Crippen LogP contribution in [-0.2, 0) is 19.1 Å². The highest BCUT2D eigenvalue weighted by molar-refractivity contribution is 8.03. The molecule has 4 rings (SSSR count). The van der Waals surface area contributed by atoms with Gasteiger partial charge in [-0.25, -0.2) is 0 Å². The molecule has 0 N–H and O–H groups in total. The van der Waals surface area contributed by atoms with Crippen LogP contribution >= 0.6 is 11.8 Å². The maximum Gasteiger partial charge on any atom is 0.328 e.